The van der Waals surface area contributed by atoms with E-state index >= 15 is 0 Å². The van der Waals surface area contributed by atoms with Crippen LogP contribution in [-0.2, 0) is 6.54 Å². The maximum absolute atomic E-state index is 5.28. The van der Waals surface area contributed by atoms with Gasteiger partial charge in [0.1, 0.15) is 5.76 Å². The van der Waals surface area contributed by atoms with Gasteiger partial charge in [-0.05, 0) is 38.5 Å². The smallest absolute Gasteiger partial charge is 0.193 e. The summed E-state index contributed by atoms with van der Waals surface area (Å²) in [5.74, 6) is 2.05. The first-order valence-corrected chi connectivity index (χ1v) is 9.38. The Hall–Kier alpha value is -1.09. The Labute approximate surface area is 181 Å². The third-order valence-electron chi connectivity index (χ3n) is 4.13. The Morgan fingerprint density at radius 3 is 2.50 bits per heavy atom. The second-order valence-corrected chi connectivity index (χ2v) is 7.23. The molecule has 1 unspecified atom stereocenters. The number of nitrogens with zero attached hydrogens (tertiary/aromatic N) is 3. The van der Waals surface area contributed by atoms with Gasteiger partial charge in [-0.15, -0.1) is 24.0 Å². The topological polar surface area (TPSA) is 53.7 Å². The van der Waals surface area contributed by atoms with Crippen LogP contribution in [0.1, 0.15) is 42.3 Å². The molecule has 0 aliphatic heterocycles. The fourth-order valence-corrected chi connectivity index (χ4v) is 3.18. The number of aromatic nitrogens is 1. The lowest BCUT2D eigenvalue weighted by Crippen LogP contribution is -2.38. The molecule has 1 atom stereocenters. The number of guanidine groups is 1. The molecule has 0 aliphatic rings. The van der Waals surface area contributed by atoms with Crippen LogP contribution in [0.3, 0.4) is 0 Å². The Balaban J connectivity index is 0.00000338. The zero-order valence-corrected chi connectivity index (χ0v) is 20.0. The number of benzene rings is 1. The van der Waals surface area contributed by atoms with Crippen LogP contribution in [0.25, 0.3) is 0 Å². The van der Waals surface area contributed by atoms with Crippen LogP contribution in [0, 0.1) is 13.8 Å². The molecule has 26 heavy (non-hydrogen) atoms. The molecule has 2 rings (SSSR count). The normalized spacial score (nSPS) is 12.5. The predicted octanol–water partition coefficient (Wildman–Crippen LogP) is 4.87. The summed E-state index contributed by atoms with van der Waals surface area (Å²) in [6.45, 7) is 10.5. The Kier molecular flexibility index (Phi) is 9.63. The van der Waals surface area contributed by atoms with Crippen LogP contribution < -0.4 is 5.32 Å². The molecule has 1 aromatic carbocycles. The summed E-state index contributed by atoms with van der Waals surface area (Å²) in [5, 5.41) is 7.42. The summed E-state index contributed by atoms with van der Waals surface area (Å²) in [4.78, 5) is 6.96. The number of halogens is 2. The van der Waals surface area contributed by atoms with E-state index in [0.717, 1.165) is 40.5 Å². The van der Waals surface area contributed by atoms with E-state index in [9.17, 15) is 0 Å². The Morgan fingerprint density at radius 1 is 1.31 bits per heavy atom. The third-order valence-corrected chi connectivity index (χ3v) is 4.65. The monoisotopic (exact) mass is 534 g/mol. The second kappa shape index (κ2) is 10.9. The average molecular weight is 535 g/mol. The molecular formula is C19H28BrIN4O. The van der Waals surface area contributed by atoms with Gasteiger partial charge in [0, 0.05) is 42.6 Å². The quantitative estimate of drug-likeness (QED) is 0.326. The molecule has 1 heterocycles. The number of aryl methyl sites for hydroxylation is 2. The minimum atomic E-state index is 0. The molecule has 2 aromatic rings. The Morgan fingerprint density at radius 2 is 1.96 bits per heavy atom. The number of rotatable bonds is 6. The maximum atomic E-state index is 5.28. The van der Waals surface area contributed by atoms with E-state index in [4.69, 9.17) is 9.52 Å². The number of hydrogen-bond acceptors (Lipinski definition) is 3. The highest BCUT2D eigenvalue weighted by Crippen LogP contribution is 2.23. The van der Waals surface area contributed by atoms with Gasteiger partial charge in [-0.3, -0.25) is 4.99 Å². The van der Waals surface area contributed by atoms with Crippen LogP contribution in [0.4, 0.5) is 0 Å². The zero-order valence-electron chi connectivity index (χ0n) is 16.0. The Bertz CT molecular complexity index is 695. The van der Waals surface area contributed by atoms with E-state index in [1.807, 2.05) is 13.8 Å². The molecule has 0 saturated heterocycles. The van der Waals surface area contributed by atoms with Crippen molar-refractivity contribution in [3.05, 3.63) is 51.3 Å². The van der Waals surface area contributed by atoms with Crippen molar-refractivity contribution in [2.24, 2.45) is 4.99 Å². The summed E-state index contributed by atoms with van der Waals surface area (Å²) in [6, 6.07) is 8.37. The van der Waals surface area contributed by atoms with Crippen molar-refractivity contribution in [1.29, 1.82) is 0 Å². The molecule has 0 saturated carbocycles. The number of nitrogens with one attached hydrogen (secondary N) is 1. The van der Waals surface area contributed by atoms with Gasteiger partial charge in [-0.25, -0.2) is 0 Å². The van der Waals surface area contributed by atoms with E-state index in [0.29, 0.717) is 6.54 Å². The summed E-state index contributed by atoms with van der Waals surface area (Å²) in [5.41, 5.74) is 3.36. The van der Waals surface area contributed by atoms with Gasteiger partial charge >= 0.3 is 0 Å². The molecule has 7 heteroatoms. The molecule has 0 aliphatic carbocycles. The van der Waals surface area contributed by atoms with E-state index in [1.165, 1.54) is 5.56 Å². The van der Waals surface area contributed by atoms with Gasteiger partial charge in [-0.1, -0.05) is 40.1 Å². The lowest BCUT2D eigenvalue weighted by molar-refractivity contribution is 0.391. The van der Waals surface area contributed by atoms with Crippen LogP contribution in [-0.4, -0.2) is 36.2 Å². The maximum Gasteiger partial charge on any atom is 0.193 e. The van der Waals surface area contributed by atoms with Crippen molar-refractivity contribution in [2.45, 2.75) is 40.2 Å². The standard InChI is InChI=1S/C19H27BrN4O.HI/c1-6-21-19(24(5)12-16-7-9-17(20)10-8-16)22-11-13(2)18-14(3)23-25-15(18)4;/h7-10,13H,6,11-12H2,1-5H3,(H,21,22);1H. The van der Waals surface area contributed by atoms with Crippen molar-refractivity contribution in [1.82, 2.24) is 15.4 Å². The van der Waals surface area contributed by atoms with Gasteiger partial charge in [-0.2, -0.15) is 0 Å². The van der Waals surface area contributed by atoms with Gasteiger partial charge < -0.3 is 14.7 Å². The fraction of sp³-hybridized carbons (Fsp3) is 0.474. The van der Waals surface area contributed by atoms with E-state index in [2.05, 4.69) is 76.5 Å². The average Bonchev–Trinajstić information content (AvgIpc) is 2.92. The lowest BCUT2D eigenvalue weighted by atomic mass is 10.00. The minimum absolute atomic E-state index is 0. The van der Waals surface area contributed by atoms with Crippen molar-refractivity contribution >= 4 is 45.9 Å². The van der Waals surface area contributed by atoms with Crippen molar-refractivity contribution < 1.29 is 4.52 Å². The molecular weight excluding hydrogens is 507 g/mol. The summed E-state index contributed by atoms with van der Waals surface area (Å²) < 4.78 is 6.37. The highest BCUT2D eigenvalue weighted by molar-refractivity contribution is 14.0. The van der Waals surface area contributed by atoms with Crippen LogP contribution in [0.2, 0.25) is 0 Å². The zero-order chi connectivity index (χ0) is 18.4. The van der Waals surface area contributed by atoms with Crippen molar-refractivity contribution in [3.63, 3.8) is 0 Å². The summed E-state index contributed by atoms with van der Waals surface area (Å²) in [6.07, 6.45) is 0. The molecule has 1 aromatic heterocycles. The van der Waals surface area contributed by atoms with E-state index in [1.54, 1.807) is 0 Å². The first kappa shape index (κ1) is 23.0. The fourth-order valence-electron chi connectivity index (χ4n) is 2.92. The van der Waals surface area contributed by atoms with Gasteiger partial charge in [0.15, 0.2) is 5.96 Å². The molecule has 0 fully saturated rings. The molecule has 0 bridgehead atoms. The van der Waals surface area contributed by atoms with E-state index in [-0.39, 0.29) is 29.9 Å². The first-order chi connectivity index (χ1) is 11.9. The molecule has 0 amide bonds. The van der Waals surface area contributed by atoms with Gasteiger partial charge in [0.2, 0.25) is 0 Å². The first-order valence-electron chi connectivity index (χ1n) is 8.59. The highest BCUT2D eigenvalue weighted by Gasteiger charge is 2.16. The van der Waals surface area contributed by atoms with Gasteiger partial charge in [0.25, 0.3) is 0 Å². The molecule has 144 valence electrons. The summed E-state index contributed by atoms with van der Waals surface area (Å²) in [7, 11) is 2.06. The molecule has 5 nitrogen and oxygen atoms in total. The van der Waals surface area contributed by atoms with Gasteiger partial charge in [0.05, 0.1) is 5.69 Å². The van der Waals surface area contributed by atoms with Crippen LogP contribution in [0.15, 0.2) is 38.3 Å². The van der Waals surface area contributed by atoms with Crippen molar-refractivity contribution in [2.75, 3.05) is 20.1 Å². The third kappa shape index (κ3) is 6.26. The largest absolute Gasteiger partial charge is 0.361 e. The van der Waals surface area contributed by atoms with Crippen LogP contribution >= 0.6 is 39.9 Å². The number of hydrogen-bond donors (Lipinski definition) is 1. The van der Waals surface area contributed by atoms with Crippen LogP contribution in [0.5, 0.6) is 0 Å². The molecule has 1 N–H and O–H groups in total. The second-order valence-electron chi connectivity index (χ2n) is 6.32. The van der Waals surface area contributed by atoms with Crippen molar-refractivity contribution in [3.8, 4) is 0 Å². The minimum Gasteiger partial charge on any atom is -0.361 e. The number of aliphatic imine (C=N–C) groups is 1. The lowest BCUT2D eigenvalue weighted by Gasteiger charge is -2.23. The highest BCUT2D eigenvalue weighted by atomic mass is 127. The molecule has 0 radical (unpaired) electrons. The molecule has 0 spiro atoms. The van der Waals surface area contributed by atoms with E-state index < -0.39 is 0 Å². The summed E-state index contributed by atoms with van der Waals surface area (Å²) >= 11 is 3.47. The predicted molar refractivity (Wildman–Crippen MR) is 121 cm³/mol. The SMILES string of the molecule is CCNC(=NCC(C)c1c(C)noc1C)N(C)Cc1ccc(Br)cc1.I.